The molecule has 1 fully saturated rings. The van der Waals surface area contributed by atoms with Crippen LogP contribution in [0.25, 0.3) is 10.9 Å². The number of hydrogen-bond donors (Lipinski definition) is 0. The van der Waals surface area contributed by atoms with Gasteiger partial charge in [0.1, 0.15) is 10.9 Å². The van der Waals surface area contributed by atoms with Crippen LogP contribution in [-0.4, -0.2) is 43.2 Å². The molecule has 4 rings (SSSR count). The molecule has 0 radical (unpaired) electrons. The van der Waals surface area contributed by atoms with Crippen molar-refractivity contribution in [3.8, 4) is 5.75 Å². The van der Waals surface area contributed by atoms with Crippen molar-refractivity contribution in [2.24, 2.45) is 0 Å². The number of methoxy groups -OCH3 is 1. The minimum Gasteiger partial charge on any atom is -0.497 e. The Morgan fingerprint density at radius 2 is 1.81 bits per heavy atom. The van der Waals surface area contributed by atoms with Crippen LogP contribution in [0, 0.1) is 0 Å². The third-order valence-electron chi connectivity index (χ3n) is 4.93. The number of anilines is 1. The first-order valence-electron chi connectivity index (χ1n) is 8.88. The number of piperazine rings is 1. The molecule has 26 heavy (non-hydrogen) atoms. The molecule has 0 saturated carbocycles. The van der Waals surface area contributed by atoms with Crippen LogP contribution in [0.2, 0.25) is 5.15 Å². The molecule has 0 aliphatic carbocycles. The molecule has 0 unspecified atom stereocenters. The number of benzene rings is 2. The van der Waals surface area contributed by atoms with Crippen LogP contribution < -0.4 is 9.64 Å². The van der Waals surface area contributed by atoms with E-state index in [4.69, 9.17) is 16.3 Å². The highest BCUT2D eigenvalue weighted by atomic mass is 35.5. The molecule has 1 aromatic heterocycles. The fourth-order valence-electron chi connectivity index (χ4n) is 3.46. The van der Waals surface area contributed by atoms with Crippen LogP contribution in [-0.2, 0) is 6.54 Å². The number of ether oxygens (including phenoxy) is 1. The van der Waals surface area contributed by atoms with Crippen molar-refractivity contribution in [2.45, 2.75) is 6.54 Å². The maximum absolute atomic E-state index is 6.42. The summed E-state index contributed by atoms with van der Waals surface area (Å²) in [7, 11) is 1.71. The second-order valence-corrected chi connectivity index (χ2v) is 6.95. The summed E-state index contributed by atoms with van der Waals surface area (Å²) >= 11 is 6.42. The van der Waals surface area contributed by atoms with E-state index in [1.807, 2.05) is 30.3 Å². The van der Waals surface area contributed by atoms with Crippen molar-refractivity contribution in [2.75, 3.05) is 38.2 Å². The third kappa shape index (κ3) is 3.62. The van der Waals surface area contributed by atoms with E-state index >= 15 is 0 Å². The molecule has 5 heteroatoms. The monoisotopic (exact) mass is 367 g/mol. The molecule has 134 valence electrons. The minimum absolute atomic E-state index is 0.610. The smallest absolute Gasteiger partial charge is 0.134 e. The van der Waals surface area contributed by atoms with Gasteiger partial charge in [0.2, 0.25) is 0 Å². The third-order valence-corrected chi connectivity index (χ3v) is 5.26. The quantitative estimate of drug-likeness (QED) is 0.645. The van der Waals surface area contributed by atoms with Gasteiger partial charge in [-0.05, 0) is 24.3 Å². The first-order valence-corrected chi connectivity index (χ1v) is 9.26. The van der Waals surface area contributed by atoms with Gasteiger partial charge in [0, 0.05) is 55.4 Å². The van der Waals surface area contributed by atoms with Crippen LogP contribution in [0.4, 0.5) is 5.69 Å². The zero-order valence-electron chi connectivity index (χ0n) is 14.9. The SMILES string of the molecule is COc1cccc(N2CCN(Cc3cc4ccccc4nc3Cl)CC2)c1. The van der Waals surface area contributed by atoms with Crippen molar-refractivity contribution in [1.82, 2.24) is 9.88 Å². The lowest BCUT2D eigenvalue weighted by Gasteiger charge is -2.36. The van der Waals surface area contributed by atoms with Crippen LogP contribution in [0.15, 0.2) is 54.6 Å². The van der Waals surface area contributed by atoms with Gasteiger partial charge in [0.25, 0.3) is 0 Å². The number of nitrogens with zero attached hydrogens (tertiary/aromatic N) is 3. The standard InChI is InChI=1S/C21H22ClN3O/c1-26-19-7-4-6-18(14-19)25-11-9-24(10-12-25)15-17-13-16-5-2-3-8-20(16)23-21(17)22/h2-8,13-14H,9-12,15H2,1H3. The van der Waals surface area contributed by atoms with Crippen LogP contribution in [0.5, 0.6) is 5.75 Å². The lowest BCUT2D eigenvalue weighted by Crippen LogP contribution is -2.46. The number of pyridine rings is 1. The molecule has 0 N–H and O–H groups in total. The van der Waals surface area contributed by atoms with E-state index in [1.165, 1.54) is 5.69 Å². The molecule has 2 heterocycles. The molecular formula is C21H22ClN3O. The van der Waals surface area contributed by atoms with Gasteiger partial charge in [-0.15, -0.1) is 0 Å². The molecular weight excluding hydrogens is 346 g/mol. The highest BCUT2D eigenvalue weighted by Gasteiger charge is 2.19. The van der Waals surface area contributed by atoms with E-state index in [0.717, 1.165) is 54.9 Å². The highest BCUT2D eigenvalue weighted by Crippen LogP contribution is 2.24. The number of halogens is 1. The number of aromatic nitrogens is 1. The lowest BCUT2D eigenvalue weighted by atomic mass is 10.1. The zero-order valence-corrected chi connectivity index (χ0v) is 15.6. The summed E-state index contributed by atoms with van der Waals surface area (Å²) in [6.07, 6.45) is 0. The van der Waals surface area contributed by atoms with Crippen LogP contribution >= 0.6 is 11.6 Å². The van der Waals surface area contributed by atoms with Gasteiger partial charge in [-0.25, -0.2) is 4.98 Å². The molecule has 0 spiro atoms. The van der Waals surface area contributed by atoms with Crippen molar-refractivity contribution in [3.05, 3.63) is 65.3 Å². The Bertz CT molecular complexity index is 907. The molecule has 0 amide bonds. The largest absolute Gasteiger partial charge is 0.497 e. The Hall–Kier alpha value is -2.30. The summed E-state index contributed by atoms with van der Waals surface area (Å²) in [6, 6.07) is 18.5. The molecule has 1 aliphatic heterocycles. The second kappa shape index (κ2) is 7.52. The van der Waals surface area contributed by atoms with Crippen molar-refractivity contribution in [1.29, 1.82) is 0 Å². The number of fused-ring (bicyclic) bond motifs is 1. The first-order chi connectivity index (χ1) is 12.7. The average molecular weight is 368 g/mol. The summed E-state index contributed by atoms with van der Waals surface area (Å²) < 4.78 is 5.34. The molecule has 3 aromatic rings. The Labute approximate surface area is 159 Å². The van der Waals surface area contributed by atoms with E-state index in [2.05, 4.69) is 39.0 Å². The van der Waals surface area contributed by atoms with Gasteiger partial charge >= 0.3 is 0 Å². The molecule has 4 nitrogen and oxygen atoms in total. The molecule has 1 aliphatic rings. The first kappa shape index (κ1) is 17.1. The second-order valence-electron chi connectivity index (χ2n) is 6.60. The summed E-state index contributed by atoms with van der Waals surface area (Å²) in [5.74, 6) is 0.902. The fourth-order valence-corrected chi connectivity index (χ4v) is 3.66. The molecule has 1 saturated heterocycles. The van der Waals surface area contributed by atoms with Gasteiger partial charge in [-0.3, -0.25) is 4.90 Å². The lowest BCUT2D eigenvalue weighted by molar-refractivity contribution is 0.249. The van der Waals surface area contributed by atoms with E-state index < -0.39 is 0 Å². The average Bonchev–Trinajstić information content (AvgIpc) is 2.69. The summed E-state index contributed by atoms with van der Waals surface area (Å²) in [5, 5.41) is 1.75. The molecule has 0 atom stereocenters. The Morgan fingerprint density at radius 1 is 1.00 bits per heavy atom. The summed E-state index contributed by atoms with van der Waals surface area (Å²) in [4.78, 5) is 9.38. The van der Waals surface area contributed by atoms with Gasteiger partial charge in [0.15, 0.2) is 0 Å². The Balaban J connectivity index is 1.43. The highest BCUT2D eigenvalue weighted by molar-refractivity contribution is 6.30. The molecule has 0 bridgehead atoms. The van der Waals surface area contributed by atoms with E-state index in [0.29, 0.717) is 5.15 Å². The summed E-state index contributed by atoms with van der Waals surface area (Å²) in [5.41, 5.74) is 3.26. The van der Waals surface area contributed by atoms with Crippen LogP contribution in [0.1, 0.15) is 5.56 Å². The normalized spacial score (nSPS) is 15.4. The van der Waals surface area contributed by atoms with E-state index in [9.17, 15) is 0 Å². The number of para-hydroxylation sites is 1. The van der Waals surface area contributed by atoms with E-state index in [1.54, 1.807) is 7.11 Å². The maximum atomic E-state index is 6.42. The van der Waals surface area contributed by atoms with Crippen molar-refractivity contribution >= 4 is 28.2 Å². The van der Waals surface area contributed by atoms with Gasteiger partial charge in [-0.2, -0.15) is 0 Å². The summed E-state index contributed by atoms with van der Waals surface area (Å²) in [6.45, 7) is 4.82. The van der Waals surface area contributed by atoms with Gasteiger partial charge in [-0.1, -0.05) is 35.9 Å². The van der Waals surface area contributed by atoms with Crippen LogP contribution in [0.3, 0.4) is 0 Å². The number of rotatable bonds is 4. The molecule has 2 aromatic carbocycles. The van der Waals surface area contributed by atoms with Crippen molar-refractivity contribution in [3.63, 3.8) is 0 Å². The zero-order chi connectivity index (χ0) is 17.9. The van der Waals surface area contributed by atoms with Gasteiger partial charge < -0.3 is 9.64 Å². The maximum Gasteiger partial charge on any atom is 0.134 e. The van der Waals surface area contributed by atoms with Crippen molar-refractivity contribution < 1.29 is 4.74 Å². The topological polar surface area (TPSA) is 28.6 Å². The minimum atomic E-state index is 0.610. The number of hydrogen-bond acceptors (Lipinski definition) is 4. The Kier molecular flexibility index (Phi) is 4.96. The van der Waals surface area contributed by atoms with E-state index in [-0.39, 0.29) is 0 Å². The fraction of sp³-hybridized carbons (Fsp3) is 0.286. The predicted molar refractivity (Wildman–Crippen MR) is 107 cm³/mol. The van der Waals surface area contributed by atoms with Gasteiger partial charge in [0.05, 0.1) is 12.6 Å². The predicted octanol–water partition coefficient (Wildman–Crippen LogP) is 4.22. The Morgan fingerprint density at radius 3 is 2.62 bits per heavy atom.